The average molecular weight is 315 g/mol. The second kappa shape index (κ2) is 6.13. The van der Waals surface area contributed by atoms with Gasteiger partial charge in [-0.1, -0.05) is 6.07 Å². The van der Waals surface area contributed by atoms with Crippen LogP contribution in [0.4, 0.5) is 0 Å². The monoisotopic (exact) mass is 315 g/mol. The van der Waals surface area contributed by atoms with E-state index in [1.165, 1.54) is 40.1 Å². The third-order valence-electron chi connectivity index (χ3n) is 2.91. The zero-order chi connectivity index (χ0) is 16.4. The molecule has 0 amide bonds. The lowest BCUT2D eigenvalue weighted by Crippen LogP contribution is -2.39. The van der Waals surface area contributed by atoms with Crippen molar-refractivity contribution in [3.63, 3.8) is 0 Å². The van der Waals surface area contributed by atoms with Crippen LogP contribution in [0.25, 0.3) is 0 Å². The van der Waals surface area contributed by atoms with Crippen molar-refractivity contribution in [3.8, 4) is 0 Å². The molecule has 0 aliphatic heterocycles. The number of nitrogens with zero attached hydrogens (tertiary/aromatic N) is 1. The van der Waals surface area contributed by atoms with Crippen LogP contribution in [0.5, 0.6) is 0 Å². The molecule has 0 aliphatic rings. The van der Waals surface area contributed by atoms with Gasteiger partial charge in [-0.25, -0.2) is 13.2 Å². The van der Waals surface area contributed by atoms with Gasteiger partial charge >= 0.3 is 5.97 Å². The molecule has 0 unspecified atom stereocenters. The van der Waals surface area contributed by atoms with Gasteiger partial charge in [0.1, 0.15) is 0 Å². The Balaban J connectivity index is 3.28. The second-order valence-electron chi connectivity index (χ2n) is 5.55. The summed E-state index contributed by atoms with van der Waals surface area (Å²) in [6.45, 7) is 4.64. The van der Waals surface area contributed by atoms with Gasteiger partial charge in [-0.3, -0.25) is 0 Å². The number of rotatable bonds is 5. The third-order valence-corrected chi connectivity index (χ3v) is 4.85. The van der Waals surface area contributed by atoms with Crippen molar-refractivity contribution in [2.24, 2.45) is 0 Å². The highest BCUT2D eigenvalue weighted by molar-refractivity contribution is 7.89. The van der Waals surface area contributed by atoms with Gasteiger partial charge in [0.2, 0.25) is 10.0 Å². The fourth-order valence-corrected chi connectivity index (χ4v) is 3.49. The number of likely N-dealkylation sites (N-methyl/N-ethyl adjacent to an activating group) is 1. The molecule has 118 valence electrons. The molecule has 0 heterocycles. The molecule has 0 bridgehead atoms. The smallest absolute Gasteiger partial charge is 0.337 e. The molecule has 0 atom stereocenters. The lowest BCUT2D eigenvalue weighted by Gasteiger charge is -2.25. The quantitative estimate of drug-likeness (QED) is 0.825. The predicted octanol–water partition coefficient (Wildman–Crippen LogP) is 1.17. The molecule has 0 spiro atoms. The molecule has 1 rings (SSSR count). The van der Waals surface area contributed by atoms with E-state index >= 15 is 0 Å². The summed E-state index contributed by atoms with van der Waals surface area (Å²) in [7, 11) is -1.18. The van der Waals surface area contributed by atoms with E-state index in [4.69, 9.17) is 0 Å². The largest absolute Gasteiger partial charge is 0.465 e. The number of hydrogen-bond acceptors (Lipinski definition) is 5. The number of carbonyl (C=O) groups excluding carboxylic acids is 1. The summed E-state index contributed by atoms with van der Waals surface area (Å²) in [5.74, 6) is -0.600. The van der Waals surface area contributed by atoms with E-state index in [1.807, 2.05) is 0 Å². The molecule has 6 nitrogen and oxygen atoms in total. The van der Waals surface area contributed by atoms with Crippen LogP contribution in [-0.4, -0.2) is 50.1 Å². The minimum Gasteiger partial charge on any atom is -0.465 e. The minimum absolute atomic E-state index is 0.0251. The van der Waals surface area contributed by atoms with Gasteiger partial charge in [0.25, 0.3) is 0 Å². The maximum Gasteiger partial charge on any atom is 0.337 e. The van der Waals surface area contributed by atoms with Gasteiger partial charge in [-0.15, -0.1) is 0 Å². The highest BCUT2D eigenvalue weighted by atomic mass is 32.2. The van der Waals surface area contributed by atoms with Gasteiger partial charge in [-0.2, -0.15) is 4.31 Å². The molecule has 1 aromatic carbocycles. The molecule has 0 saturated heterocycles. The molecule has 1 N–H and O–H groups in total. The summed E-state index contributed by atoms with van der Waals surface area (Å²) < 4.78 is 30.8. The normalized spacial score (nSPS) is 12.5. The SMILES string of the molecule is COC(=O)c1ccc(C)c(S(=O)(=O)N(C)CC(C)(C)O)c1. The predicted molar refractivity (Wildman–Crippen MR) is 78.6 cm³/mol. The number of esters is 1. The Morgan fingerprint density at radius 3 is 2.43 bits per heavy atom. The van der Waals surface area contributed by atoms with Crippen LogP contribution in [0.2, 0.25) is 0 Å². The van der Waals surface area contributed by atoms with Crippen LogP contribution >= 0.6 is 0 Å². The fraction of sp³-hybridized carbons (Fsp3) is 0.500. The number of hydrogen-bond donors (Lipinski definition) is 1. The molecule has 21 heavy (non-hydrogen) atoms. The first-order valence-electron chi connectivity index (χ1n) is 6.37. The van der Waals surface area contributed by atoms with Crippen molar-refractivity contribution in [3.05, 3.63) is 29.3 Å². The standard InChI is InChI=1S/C14H21NO5S/c1-10-6-7-11(13(16)20-5)8-12(10)21(18,19)15(4)9-14(2,3)17/h6-8,17H,9H2,1-5H3. The van der Waals surface area contributed by atoms with Crippen molar-refractivity contribution in [1.82, 2.24) is 4.31 Å². The van der Waals surface area contributed by atoms with Gasteiger partial charge in [0.15, 0.2) is 0 Å². The Bertz CT molecular complexity index is 631. The van der Waals surface area contributed by atoms with Crippen LogP contribution in [0.3, 0.4) is 0 Å². The van der Waals surface area contributed by atoms with Gasteiger partial charge in [0.05, 0.1) is 23.2 Å². The van der Waals surface area contributed by atoms with E-state index in [2.05, 4.69) is 4.74 Å². The molecule has 0 radical (unpaired) electrons. The van der Waals surface area contributed by atoms with E-state index in [1.54, 1.807) is 13.0 Å². The Labute approximate surface area is 125 Å². The van der Waals surface area contributed by atoms with Gasteiger partial charge in [0, 0.05) is 13.6 Å². The third kappa shape index (κ3) is 4.26. The molecule has 1 aromatic rings. The van der Waals surface area contributed by atoms with Crippen molar-refractivity contribution in [2.75, 3.05) is 20.7 Å². The second-order valence-corrected chi connectivity index (χ2v) is 7.56. The molecule has 7 heteroatoms. The lowest BCUT2D eigenvalue weighted by atomic mass is 10.1. The van der Waals surface area contributed by atoms with Crippen LogP contribution in [0.15, 0.2) is 23.1 Å². The number of aryl methyl sites for hydroxylation is 1. The lowest BCUT2D eigenvalue weighted by molar-refractivity contribution is 0.0598. The molecular formula is C14H21NO5S. The first-order valence-corrected chi connectivity index (χ1v) is 7.81. The average Bonchev–Trinajstić information content (AvgIpc) is 2.36. The number of methoxy groups -OCH3 is 1. The van der Waals surface area contributed by atoms with Crippen LogP contribution in [0, 0.1) is 6.92 Å². The van der Waals surface area contributed by atoms with Crippen LogP contribution in [0.1, 0.15) is 29.8 Å². The molecule has 0 fully saturated rings. The number of carbonyl (C=O) groups is 1. The number of sulfonamides is 1. The van der Waals surface area contributed by atoms with Crippen LogP contribution in [-0.2, 0) is 14.8 Å². The first kappa shape index (κ1) is 17.6. The molecule has 0 aromatic heterocycles. The van der Waals surface area contributed by atoms with Crippen molar-refractivity contribution in [2.45, 2.75) is 31.3 Å². The summed E-state index contributed by atoms with van der Waals surface area (Å²) >= 11 is 0. The summed E-state index contributed by atoms with van der Waals surface area (Å²) in [5.41, 5.74) is -0.473. The van der Waals surface area contributed by atoms with E-state index < -0.39 is 21.6 Å². The van der Waals surface area contributed by atoms with Crippen molar-refractivity contribution in [1.29, 1.82) is 0 Å². The summed E-state index contributed by atoms with van der Waals surface area (Å²) in [5, 5.41) is 9.77. The maximum absolute atomic E-state index is 12.6. The Morgan fingerprint density at radius 2 is 1.95 bits per heavy atom. The zero-order valence-electron chi connectivity index (χ0n) is 12.9. The Hall–Kier alpha value is -1.44. The Morgan fingerprint density at radius 1 is 1.38 bits per heavy atom. The van der Waals surface area contributed by atoms with E-state index in [-0.39, 0.29) is 17.0 Å². The topological polar surface area (TPSA) is 83.9 Å². The molecule has 0 saturated carbocycles. The highest BCUT2D eigenvalue weighted by Gasteiger charge is 2.28. The van der Waals surface area contributed by atoms with Gasteiger partial charge < -0.3 is 9.84 Å². The van der Waals surface area contributed by atoms with E-state index in [9.17, 15) is 18.3 Å². The number of aliphatic hydroxyl groups is 1. The molecular weight excluding hydrogens is 294 g/mol. The van der Waals surface area contributed by atoms with E-state index in [0.29, 0.717) is 5.56 Å². The fourth-order valence-electron chi connectivity index (χ4n) is 1.92. The first-order chi connectivity index (χ1) is 9.49. The minimum atomic E-state index is -3.80. The van der Waals surface area contributed by atoms with Crippen molar-refractivity contribution >= 4 is 16.0 Å². The van der Waals surface area contributed by atoms with Crippen LogP contribution < -0.4 is 0 Å². The number of benzene rings is 1. The highest BCUT2D eigenvalue weighted by Crippen LogP contribution is 2.22. The summed E-state index contributed by atoms with van der Waals surface area (Å²) in [6, 6.07) is 4.35. The van der Waals surface area contributed by atoms with Crippen molar-refractivity contribution < 1.29 is 23.1 Å². The molecule has 0 aliphatic carbocycles. The van der Waals surface area contributed by atoms with Gasteiger partial charge in [-0.05, 0) is 38.5 Å². The zero-order valence-corrected chi connectivity index (χ0v) is 13.7. The maximum atomic E-state index is 12.6. The van der Waals surface area contributed by atoms with E-state index in [0.717, 1.165) is 4.31 Å². The number of ether oxygens (including phenoxy) is 1. The Kier molecular flexibility index (Phi) is 5.14. The summed E-state index contributed by atoms with van der Waals surface area (Å²) in [6.07, 6.45) is 0. The summed E-state index contributed by atoms with van der Waals surface area (Å²) in [4.78, 5) is 11.6.